The SMILES string of the molecule is CCCCCCCCC(CC)(CCC)C(=O)O.[Nd]. The summed E-state index contributed by atoms with van der Waals surface area (Å²) < 4.78 is 0. The van der Waals surface area contributed by atoms with E-state index in [0.717, 1.165) is 32.1 Å². The Morgan fingerprint density at radius 1 is 0.889 bits per heavy atom. The zero-order valence-corrected chi connectivity index (χ0v) is 15.6. The van der Waals surface area contributed by atoms with Crippen molar-refractivity contribution in [2.24, 2.45) is 5.41 Å². The standard InChI is InChI=1S/C15H30O2.Nd/c1-4-7-8-9-10-11-13-15(6-3,12-5-2)14(16)17;/h4-13H2,1-3H3,(H,16,17);. The smallest absolute Gasteiger partial charge is 0.309 e. The fourth-order valence-electron chi connectivity index (χ4n) is 2.57. The molecule has 3 heteroatoms. The van der Waals surface area contributed by atoms with Gasteiger partial charge in [-0.1, -0.05) is 65.7 Å². The number of hydrogen-bond acceptors (Lipinski definition) is 1. The van der Waals surface area contributed by atoms with E-state index in [2.05, 4.69) is 13.8 Å². The van der Waals surface area contributed by atoms with E-state index in [-0.39, 0.29) is 40.8 Å². The Bertz CT molecular complexity index is 207. The van der Waals surface area contributed by atoms with Gasteiger partial charge in [0.2, 0.25) is 0 Å². The van der Waals surface area contributed by atoms with E-state index in [1.165, 1.54) is 32.1 Å². The van der Waals surface area contributed by atoms with Crippen LogP contribution < -0.4 is 0 Å². The maximum Gasteiger partial charge on any atom is 0.309 e. The molecule has 1 unspecified atom stereocenters. The number of rotatable bonds is 11. The molecular weight excluding hydrogens is 356 g/mol. The van der Waals surface area contributed by atoms with Crippen LogP contribution in [0.15, 0.2) is 0 Å². The zero-order chi connectivity index (χ0) is 13.1. The van der Waals surface area contributed by atoms with Crippen LogP contribution in [0, 0.1) is 46.3 Å². The summed E-state index contributed by atoms with van der Waals surface area (Å²) in [5, 5.41) is 9.40. The summed E-state index contributed by atoms with van der Waals surface area (Å²) in [5.41, 5.74) is -0.445. The van der Waals surface area contributed by atoms with Crippen molar-refractivity contribution in [3.05, 3.63) is 0 Å². The van der Waals surface area contributed by atoms with Crippen LogP contribution in [0.2, 0.25) is 0 Å². The summed E-state index contributed by atoms with van der Waals surface area (Å²) in [6, 6.07) is 0. The number of aliphatic carboxylic acids is 1. The van der Waals surface area contributed by atoms with Crippen LogP contribution in [0.1, 0.15) is 85.0 Å². The Morgan fingerprint density at radius 3 is 1.89 bits per heavy atom. The number of hydrogen-bond donors (Lipinski definition) is 1. The van der Waals surface area contributed by atoms with Gasteiger partial charge in [-0.3, -0.25) is 4.79 Å². The third kappa shape index (κ3) is 8.08. The molecule has 0 heterocycles. The van der Waals surface area contributed by atoms with Crippen LogP contribution in [-0.4, -0.2) is 11.1 Å². The van der Waals surface area contributed by atoms with Gasteiger partial charge in [0.25, 0.3) is 0 Å². The molecule has 0 rings (SSSR count). The molecule has 0 amide bonds. The normalized spacial score (nSPS) is 13.7. The van der Waals surface area contributed by atoms with E-state index in [4.69, 9.17) is 0 Å². The Morgan fingerprint density at radius 2 is 1.44 bits per heavy atom. The molecule has 0 spiro atoms. The van der Waals surface area contributed by atoms with Crippen molar-refractivity contribution in [2.75, 3.05) is 0 Å². The number of carbonyl (C=O) groups is 1. The molecule has 0 aliphatic carbocycles. The topological polar surface area (TPSA) is 37.3 Å². The summed E-state index contributed by atoms with van der Waals surface area (Å²) in [5.74, 6) is -0.588. The molecule has 0 aliphatic heterocycles. The Balaban J connectivity index is 0. The first-order valence-corrected chi connectivity index (χ1v) is 7.36. The van der Waals surface area contributed by atoms with Crippen molar-refractivity contribution in [3.8, 4) is 0 Å². The first-order valence-electron chi connectivity index (χ1n) is 7.36. The molecule has 1 N–H and O–H groups in total. The molecule has 0 saturated carbocycles. The van der Waals surface area contributed by atoms with Gasteiger partial charge >= 0.3 is 5.97 Å². The quantitative estimate of drug-likeness (QED) is 0.506. The van der Waals surface area contributed by atoms with Crippen molar-refractivity contribution in [3.63, 3.8) is 0 Å². The van der Waals surface area contributed by atoms with Crippen LogP contribution in [0.25, 0.3) is 0 Å². The van der Waals surface area contributed by atoms with Crippen molar-refractivity contribution in [2.45, 2.75) is 85.0 Å². The van der Waals surface area contributed by atoms with E-state index in [0.29, 0.717) is 0 Å². The minimum Gasteiger partial charge on any atom is -0.481 e. The van der Waals surface area contributed by atoms with Gasteiger partial charge in [-0.05, 0) is 19.3 Å². The molecule has 0 aromatic carbocycles. The van der Waals surface area contributed by atoms with E-state index >= 15 is 0 Å². The second-order valence-corrected chi connectivity index (χ2v) is 5.21. The summed E-state index contributed by atoms with van der Waals surface area (Å²) >= 11 is 0. The second-order valence-electron chi connectivity index (χ2n) is 5.21. The Kier molecular flexibility index (Phi) is 15.1. The predicted octanol–water partition coefficient (Wildman–Crippen LogP) is 5.02. The summed E-state index contributed by atoms with van der Waals surface area (Å²) in [6.07, 6.45) is 10.8. The third-order valence-corrected chi connectivity index (χ3v) is 3.87. The minimum atomic E-state index is -0.588. The second kappa shape index (κ2) is 12.8. The first kappa shape index (κ1) is 21.1. The molecular formula is C15H30NdO2. The first-order chi connectivity index (χ1) is 8.13. The van der Waals surface area contributed by atoms with Crippen LogP contribution >= 0.6 is 0 Å². The largest absolute Gasteiger partial charge is 0.481 e. The summed E-state index contributed by atoms with van der Waals surface area (Å²) in [4.78, 5) is 11.4. The van der Waals surface area contributed by atoms with Gasteiger partial charge in [-0.25, -0.2) is 0 Å². The minimum absolute atomic E-state index is 0. The van der Waals surface area contributed by atoms with Gasteiger partial charge in [-0.15, -0.1) is 0 Å². The van der Waals surface area contributed by atoms with Gasteiger partial charge in [0, 0.05) is 40.8 Å². The molecule has 106 valence electrons. The molecule has 2 nitrogen and oxygen atoms in total. The van der Waals surface area contributed by atoms with Crippen LogP contribution in [0.3, 0.4) is 0 Å². The van der Waals surface area contributed by atoms with Crippen LogP contribution in [0.4, 0.5) is 0 Å². The van der Waals surface area contributed by atoms with Crippen molar-refractivity contribution in [1.29, 1.82) is 0 Å². The maximum atomic E-state index is 11.4. The van der Waals surface area contributed by atoms with Crippen molar-refractivity contribution >= 4 is 5.97 Å². The van der Waals surface area contributed by atoms with E-state index in [1.54, 1.807) is 0 Å². The van der Waals surface area contributed by atoms with Crippen LogP contribution in [-0.2, 0) is 4.79 Å². The average molecular weight is 387 g/mol. The van der Waals surface area contributed by atoms with E-state index < -0.39 is 11.4 Å². The molecule has 0 aromatic rings. The molecule has 0 fully saturated rings. The number of unbranched alkanes of at least 4 members (excludes halogenated alkanes) is 5. The fraction of sp³-hybridized carbons (Fsp3) is 0.933. The molecule has 0 saturated heterocycles. The Hall–Kier alpha value is 0.821. The van der Waals surface area contributed by atoms with Gasteiger partial charge in [0.05, 0.1) is 5.41 Å². The molecule has 18 heavy (non-hydrogen) atoms. The Labute approximate surface area is 146 Å². The van der Waals surface area contributed by atoms with E-state index in [9.17, 15) is 9.90 Å². The van der Waals surface area contributed by atoms with Crippen LogP contribution in [0.5, 0.6) is 0 Å². The molecule has 0 radical (unpaired) electrons. The monoisotopic (exact) mass is 384 g/mol. The van der Waals surface area contributed by atoms with Gasteiger partial charge in [0.1, 0.15) is 0 Å². The van der Waals surface area contributed by atoms with Gasteiger partial charge < -0.3 is 5.11 Å². The molecule has 0 aromatic heterocycles. The van der Waals surface area contributed by atoms with Crippen molar-refractivity contribution in [1.82, 2.24) is 0 Å². The molecule has 0 bridgehead atoms. The zero-order valence-electron chi connectivity index (χ0n) is 12.4. The summed E-state index contributed by atoms with van der Waals surface area (Å²) in [7, 11) is 0. The van der Waals surface area contributed by atoms with E-state index in [1.807, 2.05) is 6.92 Å². The average Bonchev–Trinajstić information content (AvgIpc) is 2.31. The third-order valence-electron chi connectivity index (χ3n) is 3.87. The van der Waals surface area contributed by atoms with Gasteiger partial charge in [0.15, 0.2) is 0 Å². The molecule has 1 atom stereocenters. The maximum absolute atomic E-state index is 11.4. The number of carboxylic acids is 1. The van der Waals surface area contributed by atoms with Crippen molar-refractivity contribution < 1.29 is 50.7 Å². The predicted molar refractivity (Wildman–Crippen MR) is 73.3 cm³/mol. The fourth-order valence-corrected chi connectivity index (χ4v) is 2.57. The summed E-state index contributed by atoms with van der Waals surface area (Å²) in [6.45, 7) is 6.31. The number of carboxylic acid groups (broad SMARTS) is 1. The van der Waals surface area contributed by atoms with Gasteiger partial charge in [-0.2, -0.15) is 0 Å². The molecule has 0 aliphatic rings.